The Hall–Kier alpha value is -0.850. The van der Waals surface area contributed by atoms with Gasteiger partial charge < -0.3 is 25.4 Å². The maximum atomic E-state index is 12.2. The zero-order chi connectivity index (χ0) is 17.2. The standard InChI is InChI=1S/C16H35N3O3/c1-13(2)14(11-17)12-18-7-8-19(9-10-21-6)15(20)22-16(3,4)5/h13-14,18H,7-12,17H2,1-6H3. The van der Waals surface area contributed by atoms with Gasteiger partial charge in [0.15, 0.2) is 0 Å². The van der Waals surface area contributed by atoms with Gasteiger partial charge in [0.05, 0.1) is 6.61 Å². The Balaban J connectivity index is 4.27. The molecule has 132 valence electrons. The third-order valence-corrected chi connectivity index (χ3v) is 3.43. The summed E-state index contributed by atoms with van der Waals surface area (Å²) in [5.41, 5.74) is 5.27. The summed E-state index contributed by atoms with van der Waals surface area (Å²) in [6, 6.07) is 0. The lowest BCUT2D eigenvalue weighted by Crippen LogP contribution is -2.43. The summed E-state index contributed by atoms with van der Waals surface area (Å²) in [4.78, 5) is 13.8. The van der Waals surface area contributed by atoms with Crippen molar-refractivity contribution in [1.82, 2.24) is 10.2 Å². The lowest BCUT2D eigenvalue weighted by atomic mass is 9.96. The molecule has 0 fully saturated rings. The number of carbonyl (C=O) groups excluding carboxylic acids is 1. The molecule has 0 aliphatic carbocycles. The number of methoxy groups -OCH3 is 1. The summed E-state index contributed by atoms with van der Waals surface area (Å²) in [5.74, 6) is 1.00. The van der Waals surface area contributed by atoms with E-state index in [4.69, 9.17) is 15.2 Å². The number of amides is 1. The van der Waals surface area contributed by atoms with E-state index in [1.165, 1.54) is 0 Å². The molecule has 0 saturated heterocycles. The van der Waals surface area contributed by atoms with Gasteiger partial charge in [-0.2, -0.15) is 0 Å². The molecular weight excluding hydrogens is 282 g/mol. The van der Waals surface area contributed by atoms with E-state index in [1.807, 2.05) is 20.8 Å². The average molecular weight is 317 g/mol. The van der Waals surface area contributed by atoms with Crippen molar-refractivity contribution in [3.63, 3.8) is 0 Å². The molecule has 0 radical (unpaired) electrons. The van der Waals surface area contributed by atoms with Gasteiger partial charge in [-0.05, 0) is 45.7 Å². The van der Waals surface area contributed by atoms with Crippen molar-refractivity contribution in [3.05, 3.63) is 0 Å². The van der Waals surface area contributed by atoms with Crippen LogP contribution in [0, 0.1) is 11.8 Å². The Morgan fingerprint density at radius 2 is 1.91 bits per heavy atom. The lowest BCUT2D eigenvalue weighted by Gasteiger charge is -2.27. The summed E-state index contributed by atoms with van der Waals surface area (Å²) in [7, 11) is 1.63. The molecule has 0 saturated carbocycles. The van der Waals surface area contributed by atoms with Crippen molar-refractivity contribution in [3.8, 4) is 0 Å². The zero-order valence-electron chi connectivity index (χ0n) is 15.1. The normalized spacial score (nSPS) is 13.3. The Morgan fingerprint density at radius 3 is 2.36 bits per heavy atom. The van der Waals surface area contributed by atoms with Gasteiger partial charge in [0.2, 0.25) is 0 Å². The van der Waals surface area contributed by atoms with Crippen LogP contribution in [0.4, 0.5) is 4.79 Å². The quantitative estimate of drug-likeness (QED) is 0.600. The highest BCUT2D eigenvalue weighted by atomic mass is 16.6. The monoisotopic (exact) mass is 317 g/mol. The smallest absolute Gasteiger partial charge is 0.410 e. The Morgan fingerprint density at radius 1 is 1.27 bits per heavy atom. The molecule has 22 heavy (non-hydrogen) atoms. The molecule has 0 aromatic rings. The zero-order valence-corrected chi connectivity index (χ0v) is 15.1. The second-order valence-corrected chi connectivity index (χ2v) is 6.90. The molecule has 6 nitrogen and oxygen atoms in total. The van der Waals surface area contributed by atoms with Gasteiger partial charge in [0, 0.05) is 26.7 Å². The van der Waals surface area contributed by atoms with Crippen molar-refractivity contribution < 1.29 is 14.3 Å². The first-order valence-electron chi connectivity index (χ1n) is 8.09. The fourth-order valence-corrected chi connectivity index (χ4v) is 1.92. The van der Waals surface area contributed by atoms with Crippen LogP contribution in [-0.4, -0.2) is 63.0 Å². The molecule has 0 spiro atoms. The van der Waals surface area contributed by atoms with E-state index >= 15 is 0 Å². The first-order valence-corrected chi connectivity index (χ1v) is 8.09. The topological polar surface area (TPSA) is 76.8 Å². The predicted molar refractivity (Wildman–Crippen MR) is 89.9 cm³/mol. The van der Waals surface area contributed by atoms with E-state index in [-0.39, 0.29) is 6.09 Å². The number of nitrogens with two attached hydrogens (primary N) is 1. The summed E-state index contributed by atoms with van der Waals surface area (Å²) in [6.07, 6.45) is -0.300. The molecule has 0 aromatic heterocycles. The summed E-state index contributed by atoms with van der Waals surface area (Å²) < 4.78 is 10.5. The Kier molecular flexibility index (Phi) is 10.4. The van der Waals surface area contributed by atoms with Gasteiger partial charge in [-0.1, -0.05) is 13.8 Å². The summed E-state index contributed by atoms with van der Waals surface area (Å²) in [5, 5.41) is 3.37. The summed E-state index contributed by atoms with van der Waals surface area (Å²) in [6.45, 7) is 13.8. The molecule has 0 rings (SSSR count). The van der Waals surface area contributed by atoms with Gasteiger partial charge in [-0.25, -0.2) is 4.79 Å². The van der Waals surface area contributed by atoms with Crippen molar-refractivity contribution in [2.45, 2.75) is 40.2 Å². The number of carbonyl (C=O) groups is 1. The summed E-state index contributed by atoms with van der Waals surface area (Å²) >= 11 is 0. The van der Waals surface area contributed by atoms with Crippen molar-refractivity contribution >= 4 is 6.09 Å². The van der Waals surface area contributed by atoms with E-state index in [0.29, 0.717) is 44.6 Å². The molecule has 1 unspecified atom stereocenters. The molecule has 6 heteroatoms. The van der Waals surface area contributed by atoms with Crippen LogP contribution in [0.2, 0.25) is 0 Å². The Labute approximate surface area is 135 Å². The molecule has 3 N–H and O–H groups in total. The molecule has 0 aromatic carbocycles. The number of nitrogens with zero attached hydrogens (tertiary/aromatic N) is 1. The van der Waals surface area contributed by atoms with E-state index in [1.54, 1.807) is 12.0 Å². The van der Waals surface area contributed by atoms with Crippen LogP contribution in [0.25, 0.3) is 0 Å². The van der Waals surface area contributed by atoms with E-state index < -0.39 is 5.60 Å². The van der Waals surface area contributed by atoms with Crippen LogP contribution in [0.1, 0.15) is 34.6 Å². The van der Waals surface area contributed by atoms with Crippen LogP contribution in [-0.2, 0) is 9.47 Å². The number of rotatable bonds is 10. The van der Waals surface area contributed by atoms with Gasteiger partial charge in [-0.3, -0.25) is 0 Å². The van der Waals surface area contributed by atoms with Gasteiger partial charge in [0.25, 0.3) is 0 Å². The number of hydrogen-bond donors (Lipinski definition) is 2. The van der Waals surface area contributed by atoms with Crippen molar-refractivity contribution in [2.24, 2.45) is 17.6 Å². The highest BCUT2D eigenvalue weighted by Gasteiger charge is 2.21. The minimum Gasteiger partial charge on any atom is -0.444 e. The fourth-order valence-electron chi connectivity index (χ4n) is 1.92. The SMILES string of the molecule is COCCN(CCNCC(CN)C(C)C)C(=O)OC(C)(C)C. The molecule has 0 aliphatic rings. The van der Waals surface area contributed by atoms with Crippen LogP contribution >= 0.6 is 0 Å². The first kappa shape index (κ1) is 21.1. The van der Waals surface area contributed by atoms with E-state index in [2.05, 4.69) is 19.2 Å². The van der Waals surface area contributed by atoms with Crippen LogP contribution < -0.4 is 11.1 Å². The van der Waals surface area contributed by atoms with Crippen LogP contribution in [0.3, 0.4) is 0 Å². The molecule has 1 atom stereocenters. The van der Waals surface area contributed by atoms with Crippen LogP contribution in [0.5, 0.6) is 0 Å². The molecule has 0 heterocycles. The first-order chi connectivity index (χ1) is 10.2. The largest absolute Gasteiger partial charge is 0.444 e. The van der Waals surface area contributed by atoms with Gasteiger partial charge in [-0.15, -0.1) is 0 Å². The van der Waals surface area contributed by atoms with Crippen molar-refractivity contribution in [2.75, 3.05) is 46.4 Å². The van der Waals surface area contributed by atoms with E-state index in [9.17, 15) is 4.79 Å². The molecular formula is C16H35N3O3. The van der Waals surface area contributed by atoms with Gasteiger partial charge in [0.1, 0.15) is 5.60 Å². The minimum atomic E-state index is -0.488. The number of hydrogen-bond acceptors (Lipinski definition) is 5. The third kappa shape index (κ3) is 9.97. The predicted octanol–water partition coefficient (Wildman–Crippen LogP) is 1.69. The van der Waals surface area contributed by atoms with Crippen LogP contribution in [0.15, 0.2) is 0 Å². The lowest BCUT2D eigenvalue weighted by molar-refractivity contribution is 0.0203. The highest BCUT2D eigenvalue weighted by Crippen LogP contribution is 2.10. The molecule has 0 bridgehead atoms. The Bertz CT molecular complexity index is 304. The number of nitrogens with one attached hydrogen (secondary N) is 1. The fraction of sp³-hybridized carbons (Fsp3) is 0.938. The second kappa shape index (κ2) is 10.8. The molecule has 0 aliphatic heterocycles. The molecule has 1 amide bonds. The van der Waals surface area contributed by atoms with Gasteiger partial charge >= 0.3 is 6.09 Å². The maximum absolute atomic E-state index is 12.2. The maximum Gasteiger partial charge on any atom is 0.410 e. The number of ether oxygens (including phenoxy) is 2. The minimum absolute atomic E-state index is 0.300. The average Bonchev–Trinajstić information content (AvgIpc) is 2.39. The second-order valence-electron chi connectivity index (χ2n) is 6.90. The van der Waals surface area contributed by atoms with Crippen molar-refractivity contribution in [1.29, 1.82) is 0 Å². The van der Waals surface area contributed by atoms with E-state index in [0.717, 1.165) is 6.54 Å². The highest BCUT2D eigenvalue weighted by molar-refractivity contribution is 5.68. The third-order valence-electron chi connectivity index (χ3n) is 3.43.